The molecule has 0 radical (unpaired) electrons. The van der Waals surface area contributed by atoms with Crippen LogP contribution >= 0.6 is 11.3 Å². The van der Waals surface area contributed by atoms with E-state index in [0.29, 0.717) is 31.2 Å². The average Bonchev–Trinajstić information content (AvgIpc) is 2.37. The van der Waals surface area contributed by atoms with Gasteiger partial charge in [0.1, 0.15) is 5.78 Å². The first kappa shape index (κ1) is 13.7. The van der Waals surface area contributed by atoms with Crippen molar-refractivity contribution in [2.45, 2.75) is 32.7 Å². The molecule has 1 heterocycles. The van der Waals surface area contributed by atoms with Crippen LogP contribution in [0.25, 0.3) is 10.1 Å². The average molecular weight is 277 g/mol. The Bertz CT molecular complexity index is 714. The van der Waals surface area contributed by atoms with Crippen LogP contribution in [0.1, 0.15) is 26.2 Å². The number of ketones is 1. The fourth-order valence-electron chi connectivity index (χ4n) is 1.95. The zero-order valence-corrected chi connectivity index (χ0v) is 11.5. The Kier molecular flexibility index (Phi) is 4.27. The SMILES string of the molecule is CC(=O)CCCCn1c(=O)sc2ccccc2c1=O. The lowest BCUT2D eigenvalue weighted by molar-refractivity contribution is -0.117. The molecule has 0 saturated heterocycles. The smallest absolute Gasteiger partial charge is 0.300 e. The normalized spacial score (nSPS) is 10.8. The van der Waals surface area contributed by atoms with Crippen molar-refractivity contribution in [1.82, 2.24) is 4.57 Å². The minimum absolute atomic E-state index is 0.135. The second-order valence-electron chi connectivity index (χ2n) is 4.48. The molecule has 0 bridgehead atoms. The van der Waals surface area contributed by atoms with Crippen molar-refractivity contribution in [3.05, 3.63) is 44.3 Å². The number of nitrogens with zero attached hydrogens (tertiary/aromatic N) is 1. The number of aromatic nitrogens is 1. The van der Waals surface area contributed by atoms with Crippen LogP contribution in [0.5, 0.6) is 0 Å². The topological polar surface area (TPSA) is 56.1 Å². The predicted molar refractivity (Wildman–Crippen MR) is 76.9 cm³/mol. The van der Waals surface area contributed by atoms with E-state index in [0.717, 1.165) is 16.0 Å². The Labute approximate surface area is 114 Å². The van der Waals surface area contributed by atoms with E-state index in [1.165, 1.54) is 4.57 Å². The van der Waals surface area contributed by atoms with E-state index in [4.69, 9.17) is 0 Å². The molecule has 4 nitrogen and oxygen atoms in total. The molecule has 0 fully saturated rings. The number of carbonyl (C=O) groups is 1. The molecular formula is C14H15NO3S. The number of hydrogen-bond donors (Lipinski definition) is 0. The third-order valence-corrected chi connectivity index (χ3v) is 3.91. The van der Waals surface area contributed by atoms with Gasteiger partial charge in [-0.25, -0.2) is 0 Å². The molecule has 0 amide bonds. The fourth-order valence-corrected chi connectivity index (χ4v) is 2.83. The highest BCUT2D eigenvalue weighted by atomic mass is 32.1. The van der Waals surface area contributed by atoms with E-state index < -0.39 is 0 Å². The maximum absolute atomic E-state index is 12.2. The maximum atomic E-state index is 12.2. The first-order valence-corrected chi connectivity index (χ1v) is 7.03. The molecule has 19 heavy (non-hydrogen) atoms. The standard InChI is InChI=1S/C14H15NO3S/c1-10(16)6-4-5-9-15-13(17)11-7-2-3-8-12(11)19-14(15)18/h2-3,7-8H,4-6,9H2,1H3. The van der Waals surface area contributed by atoms with Crippen LogP contribution in [-0.4, -0.2) is 10.4 Å². The van der Waals surface area contributed by atoms with Gasteiger partial charge in [0.2, 0.25) is 0 Å². The molecule has 0 aliphatic heterocycles. The van der Waals surface area contributed by atoms with Crippen LogP contribution in [-0.2, 0) is 11.3 Å². The lowest BCUT2D eigenvalue weighted by Crippen LogP contribution is -2.31. The summed E-state index contributed by atoms with van der Waals surface area (Å²) in [6, 6.07) is 7.12. The second-order valence-corrected chi connectivity index (χ2v) is 5.47. The van der Waals surface area contributed by atoms with E-state index in [1.807, 2.05) is 6.07 Å². The van der Waals surface area contributed by atoms with Gasteiger partial charge in [0.25, 0.3) is 5.56 Å². The Morgan fingerprint density at radius 2 is 1.95 bits per heavy atom. The summed E-state index contributed by atoms with van der Waals surface area (Å²) in [5.74, 6) is 0.135. The monoisotopic (exact) mass is 277 g/mol. The van der Waals surface area contributed by atoms with Gasteiger partial charge < -0.3 is 4.79 Å². The molecule has 1 aromatic carbocycles. The van der Waals surface area contributed by atoms with Gasteiger partial charge >= 0.3 is 4.87 Å². The Morgan fingerprint density at radius 3 is 2.68 bits per heavy atom. The van der Waals surface area contributed by atoms with Crippen molar-refractivity contribution in [3.8, 4) is 0 Å². The van der Waals surface area contributed by atoms with Gasteiger partial charge in [-0.3, -0.25) is 14.2 Å². The van der Waals surface area contributed by atoms with Crippen LogP contribution in [0.4, 0.5) is 0 Å². The lowest BCUT2D eigenvalue weighted by Gasteiger charge is -2.04. The number of unbranched alkanes of at least 4 members (excludes halogenated alkanes) is 1. The molecule has 2 rings (SSSR count). The molecule has 1 aromatic heterocycles. The maximum Gasteiger partial charge on any atom is 0.310 e. The number of fused-ring (bicyclic) bond motifs is 1. The van der Waals surface area contributed by atoms with Crippen LogP contribution in [0, 0.1) is 0 Å². The molecule has 0 N–H and O–H groups in total. The van der Waals surface area contributed by atoms with E-state index in [9.17, 15) is 14.4 Å². The molecule has 0 spiro atoms. The highest BCUT2D eigenvalue weighted by Crippen LogP contribution is 2.11. The fraction of sp³-hybridized carbons (Fsp3) is 0.357. The van der Waals surface area contributed by atoms with Crippen molar-refractivity contribution in [3.63, 3.8) is 0 Å². The van der Waals surface area contributed by atoms with Gasteiger partial charge in [-0.2, -0.15) is 0 Å². The number of Topliss-reactive ketones (excluding diaryl/α,β-unsaturated/α-hetero) is 1. The minimum Gasteiger partial charge on any atom is -0.300 e. The van der Waals surface area contributed by atoms with E-state index >= 15 is 0 Å². The number of rotatable bonds is 5. The molecule has 0 atom stereocenters. The third kappa shape index (κ3) is 3.17. The summed E-state index contributed by atoms with van der Waals surface area (Å²) in [6.07, 6.45) is 1.87. The number of hydrogen-bond acceptors (Lipinski definition) is 4. The Balaban J connectivity index is 2.26. The summed E-state index contributed by atoms with van der Waals surface area (Å²) in [4.78, 5) is 34.7. The van der Waals surface area contributed by atoms with Gasteiger partial charge in [-0.05, 0) is 31.9 Å². The van der Waals surface area contributed by atoms with Crippen molar-refractivity contribution in [2.24, 2.45) is 0 Å². The summed E-state index contributed by atoms with van der Waals surface area (Å²) < 4.78 is 1.99. The summed E-state index contributed by atoms with van der Waals surface area (Å²) in [7, 11) is 0. The molecule has 5 heteroatoms. The summed E-state index contributed by atoms with van der Waals surface area (Å²) in [5.41, 5.74) is -0.234. The van der Waals surface area contributed by atoms with E-state index in [1.54, 1.807) is 25.1 Å². The van der Waals surface area contributed by atoms with E-state index in [2.05, 4.69) is 0 Å². The molecule has 0 aliphatic rings. The lowest BCUT2D eigenvalue weighted by atomic mass is 10.2. The van der Waals surface area contributed by atoms with Crippen molar-refractivity contribution in [2.75, 3.05) is 0 Å². The molecule has 0 unspecified atom stereocenters. The summed E-state index contributed by atoms with van der Waals surface area (Å²) in [5, 5.41) is 0.582. The van der Waals surface area contributed by atoms with Crippen molar-refractivity contribution in [1.29, 1.82) is 0 Å². The largest absolute Gasteiger partial charge is 0.310 e. The third-order valence-electron chi connectivity index (χ3n) is 2.94. The zero-order chi connectivity index (χ0) is 13.8. The van der Waals surface area contributed by atoms with Crippen LogP contribution in [0.3, 0.4) is 0 Å². The molecular weight excluding hydrogens is 262 g/mol. The second kappa shape index (κ2) is 5.93. The molecule has 100 valence electrons. The van der Waals surface area contributed by atoms with Gasteiger partial charge in [0, 0.05) is 17.7 Å². The highest BCUT2D eigenvalue weighted by molar-refractivity contribution is 7.16. The zero-order valence-electron chi connectivity index (χ0n) is 10.7. The number of carbonyl (C=O) groups excluding carboxylic acids is 1. The van der Waals surface area contributed by atoms with Crippen molar-refractivity contribution >= 4 is 27.2 Å². The van der Waals surface area contributed by atoms with Crippen LogP contribution in [0.15, 0.2) is 33.9 Å². The first-order chi connectivity index (χ1) is 9.09. The Hall–Kier alpha value is -1.75. The molecule has 0 saturated carbocycles. The predicted octanol–water partition coefficient (Wildman–Crippen LogP) is 2.18. The van der Waals surface area contributed by atoms with Crippen LogP contribution < -0.4 is 10.4 Å². The first-order valence-electron chi connectivity index (χ1n) is 6.21. The minimum atomic E-state index is -0.234. The van der Waals surface area contributed by atoms with Gasteiger partial charge in [0.15, 0.2) is 0 Å². The Morgan fingerprint density at radius 1 is 1.21 bits per heavy atom. The van der Waals surface area contributed by atoms with Crippen LogP contribution in [0.2, 0.25) is 0 Å². The van der Waals surface area contributed by atoms with E-state index in [-0.39, 0.29) is 16.2 Å². The summed E-state index contributed by atoms with van der Waals surface area (Å²) in [6.45, 7) is 1.93. The van der Waals surface area contributed by atoms with Gasteiger partial charge in [-0.15, -0.1) is 0 Å². The molecule has 2 aromatic rings. The number of benzene rings is 1. The summed E-state index contributed by atoms with van der Waals surface area (Å²) >= 11 is 1.09. The molecule has 0 aliphatic carbocycles. The van der Waals surface area contributed by atoms with Gasteiger partial charge in [-0.1, -0.05) is 23.5 Å². The quantitative estimate of drug-likeness (QED) is 0.787. The highest BCUT2D eigenvalue weighted by Gasteiger charge is 2.07. The van der Waals surface area contributed by atoms with Gasteiger partial charge in [0.05, 0.1) is 5.39 Å². The van der Waals surface area contributed by atoms with Crippen molar-refractivity contribution < 1.29 is 4.79 Å².